The van der Waals surface area contributed by atoms with E-state index >= 15 is 0 Å². The summed E-state index contributed by atoms with van der Waals surface area (Å²) in [6.45, 7) is 3.51. The molecule has 0 aliphatic carbocycles. The lowest BCUT2D eigenvalue weighted by molar-refractivity contribution is 0.0935. The number of carbonyl (C=O) groups excluding carboxylic acids is 1. The van der Waals surface area contributed by atoms with Crippen molar-refractivity contribution in [2.24, 2.45) is 0 Å². The molecule has 104 valence electrons. The van der Waals surface area contributed by atoms with E-state index < -0.39 is 11.7 Å². The first-order chi connectivity index (χ1) is 9.50. The molecule has 20 heavy (non-hydrogen) atoms. The van der Waals surface area contributed by atoms with Gasteiger partial charge in [0.1, 0.15) is 5.82 Å². The Kier molecular flexibility index (Phi) is 4.55. The molecule has 4 heteroatoms. The summed E-state index contributed by atoms with van der Waals surface area (Å²) in [7, 11) is 0. The molecule has 0 heterocycles. The molecular formula is C16H15BrFNO. The molecule has 0 aliphatic rings. The molecule has 1 unspecified atom stereocenters. The third-order valence-corrected chi connectivity index (χ3v) is 3.88. The minimum atomic E-state index is -0.468. The van der Waals surface area contributed by atoms with Gasteiger partial charge in [-0.2, -0.15) is 0 Å². The van der Waals surface area contributed by atoms with Gasteiger partial charge in [0.15, 0.2) is 0 Å². The van der Waals surface area contributed by atoms with Crippen molar-refractivity contribution >= 4 is 21.8 Å². The number of carbonyl (C=O) groups is 1. The minimum Gasteiger partial charge on any atom is -0.345 e. The highest BCUT2D eigenvalue weighted by molar-refractivity contribution is 9.10. The summed E-state index contributed by atoms with van der Waals surface area (Å²) in [6, 6.07) is 12.2. The summed E-state index contributed by atoms with van der Waals surface area (Å²) in [6.07, 6.45) is 0. The van der Waals surface area contributed by atoms with Gasteiger partial charge in [0.05, 0.1) is 11.6 Å². The predicted molar refractivity (Wildman–Crippen MR) is 81.2 cm³/mol. The third-order valence-electron chi connectivity index (χ3n) is 3.16. The van der Waals surface area contributed by atoms with Crippen LogP contribution in [0.15, 0.2) is 46.9 Å². The van der Waals surface area contributed by atoms with Crippen LogP contribution in [0.3, 0.4) is 0 Å². The number of rotatable bonds is 3. The normalized spacial score (nSPS) is 12.0. The van der Waals surface area contributed by atoms with E-state index in [2.05, 4.69) is 21.2 Å². The highest BCUT2D eigenvalue weighted by Gasteiger charge is 2.17. The van der Waals surface area contributed by atoms with Crippen LogP contribution in [0.25, 0.3) is 0 Å². The van der Waals surface area contributed by atoms with E-state index in [9.17, 15) is 9.18 Å². The fraction of sp³-hybridized carbons (Fsp3) is 0.188. The van der Waals surface area contributed by atoms with Crippen molar-refractivity contribution < 1.29 is 9.18 Å². The predicted octanol–water partition coefficient (Wildman–Crippen LogP) is 4.39. The zero-order valence-corrected chi connectivity index (χ0v) is 12.9. The van der Waals surface area contributed by atoms with E-state index in [0.717, 1.165) is 10.0 Å². The van der Waals surface area contributed by atoms with Gasteiger partial charge in [0.2, 0.25) is 0 Å². The van der Waals surface area contributed by atoms with E-state index in [1.807, 2.05) is 31.2 Å². The van der Waals surface area contributed by atoms with Crippen LogP contribution in [0.2, 0.25) is 0 Å². The van der Waals surface area contributed by atoms with Gasteiger partial charge < -0.3 is 5.32 Å². The molecule has 0 aliphatic heterocycles. The molecule has 0 saturated heterocycles. The Balaban J connectivity index is 2.20. The number of halogens is 2. The van der Waals surface area contributed by atoms with E-state index in [-0.39, 0.29) is 11.6 Å². The van der Waals surface area contributed by atoms with Gasteiger partial charge in [-0.3, -0.25) is 4.79 Å². The number of amides is 1. The Labute approximate surface area is 126 Å². The molecule has 2 aromatic rings. The molecule has 0 aromatic heterocycles. The van der Waals surface area contributed by atoms with Crippen LogP contribution in [-0.4, -0.2) is 5.91 Å². The van der Waals surface area contributed by atoms with E-state index in [0.29, 0.717) is 5.56 Å². The maximum atomic E-state index is 13.9. The van der Waals surface area contributed by atoms with Crippen molar-refractivity contribution in [1.29, 1.82) is 0 Å². The fourth-order valence-electron chi connectivity index (χ4n) is 2.00. The van der Waals surface area contributed by atoms with Crippen LogP contribution in [-0.2, 0) is 0 Å². The summed E-state index contributed by atoms with van der Waals surface area (Å²) >= 11 is 3.44. The number of hydrogen-bond donors (Lipinski definition) is 1. The Morgan fingerprint density at radius 2 is 1.90 bits per heavy atom. The second-order valence-electron chi connectivity index (χ2n) is 4.65. The Morgan fingerprint density at radius 1 is 1.20 bits per heavy atom. The van der Waals surface area contributed by atoms with Crippen molar-refractivity contribution in [3.63, 3.8) is 0 Å². The monoisotopic (exact) mass is 335 g/mol. The topological polar surface area (TPSA) is 29.1 Å². The Hall–Kier alpha value is -1.68. The van der Waals surface area contributed by atoms with Crippen molar-refractivity contribution in [2.45, 2.75) is 19.9 Å². The maximum absolute atomic E-state index is 13.9. The maximum Gasteiger partial charge on any atom is 0.254 e. The largest absolute Gasteiger partial charge is 0.345 e. The quantitative estimate of drug-likeness (QED) is 0.885. The number of aryl methyl sites for hydroxylation is 1. The Morgan fingerprint density at radius 3 is 2.60 bits per heavy atom. The highest BCUT2D eigenvalue weighted by atomic mass is 79.9. The fourth-order valence-corrected chi connectivity index (χ4v) is 2.63. The van der Waals surface area contributed by atoms with Gasteiger partial charge in [-0.1, -0.05) is 46.3 Å². The van der Waals surface area contributed by atoms with Gasteiger partial charge >= 0.3 is 0 Å². The van der Waals surface area contributed by atoms with Gasteiger partial charge in [0.25, 0.3) is 5.91 Å². The molecule has 2 rings (SSSR count). The van der Waals surface area contributed by atoms with Crippen LogP contribution < -0.4 is 5.32 Å². The molecule has 0 fully saturated rings. The molecule has 0 saturated carbocycles. The van der Waals surface area contributed by atoms with Crippen LogP contribution >= 0.6 is 15.9 Å². The highest BCUT2D eigenvalue weighted by Crippen LogP contribution is 2.23. The lowest BCUT2D eigenvalue weighted by atomic mass is 10.1. The molecule has 1 amide bonds. The van der Waals surface area contributed by atoms with Crippen molar-refractivity contribution in [2.75, 3.05) is 0 Å². The van der Waals surface area contributed by atoms with E-state index in [1.54, 1.807) is 19.1 Å². The standard InChI is InChI=1S/C16H15BrFNO/c1-10-6-5-8-13(15(10)18)16(20)19-11(2)12-7-3-4-9-14(12)17/h3-9,11H,1-2H3,(H,19,20). The van der Waals surface area contributed by atoms with Gasteiger partial charge in [-0.15, -0.1) is 0 Å². The molecule has 1 N–H and O–H groups in total. The number of nitrogens with one attached hydrogen (secondary N) is 1. The van der Waals surface area contributed by atoms with Crippen molar-refractivity contribution in [3.05, 3.63) is 69.4 Å². The van der Waals surface area contributed by atoms with Crippen LogP contribution in [0.1, 0.15) is 34.5 Å². The molecular weight excluding hydrogens is 321 g/mol. The van der Waals surface area contributed by atoms with Gasteiger partial charge in [-0.25, -0.2) is 4.39 Å². The third kappa shape index (κ3) is 3.07. The van der Waals surface area contributed by atoms with Crippen molar-refractivity contribution in [1.82, 2.24) is 5.32 Å². The summed E-state index contributed by atoms with van der Waals surface area (Å²) in [5, 5.41) is 2.81. The zero-order chi connectivity index (χ0) is 14.7. The lowest BCUT2D eigenvalue weighted by Crippen LogP contribution is -2.27. The van der Waals surface area contributed by atoms with Crippen molar-refractivity contribution in [3.8, 4) is 0 Å². The number of benzene rings is 2. The van der Waals surface area contributed by atoms with Crippen LogP contribution in [0.4, 0.5) is 4.39 Å². The first-order valence-corrected chi connectivity index (χ1v) is 7.10. The summed E-state index contributed by atoms with van der Waals surface area (Å²) in [5.74, 6) is -0.876. The van der Waals surface area contributed by atoms with Gasteiger partial charge in [0, 0.05) is 4.47 Å². The molecule has 2 nitrogen and oxygen atoms in total. The lowest BCUT2D eigenvalue weighted by Gasteiger charge is -2.16. The smallest absolute Gasteiger partial charge is 0.254 e. The van der Waals surface area contributed by atoms with E-state index in [1.165, 1.54) is 6.07 Å². The van der Waals surface area contributed by atoms with Gasteiger partial charge in [-0.05, 0) is 37.1 Å². The molecule has 2 aromatic carbocycles. The summed E-state index contributed by atoms with van der Waals surface area (Å²) in [5.41, 5.74) is 1.49. The first-order valence-electron chi connectivity index (χ1n) is 6.31. The van der Waals surface area contributed by atoms with Crippen LogP contribution in [0, 0.1) is 12.7 Å². The summed E-state index contributed by atoms with van der Waals surface area (Å²) < 4.78 is 14.8. The molecule has 1 atom stereocenters. The average Bonchev–Trinajstić information content (AvgIpc) is 2.42. The van der Waals surface area contributed by atoms with E-state index in [4.69, 9.17) is 0 Å². The second-order valence-corrected chi connectivity index (χ2v) is 5.51. The SMILES string of the molecule is Cc1cccc(C(=O)NC(C)c2ccccc2Br)c1F. The first kappa shape index (κ1) is 14.7. The Bertz CT molecular complexity index is 642. The average molecular weight is 336 g/mol. The number of hydrogen-bond acceptors (Lipinski definition) is 1. The molecule has 0 spiro atoms. The zero-order valence-electron chi connectivity index (χ0n) is 11.3. The molecule has 0 radical (unpaired) electrons. The summed E-state index contributed by atoms with van der Waals surface area (Å²) in [4.78, 5) is 12.1. The van der Waals surface area contributed by atoms with Crippen LogP contribution in [0.5, 0.6) is 0 Å². The molecule has 0 bridgehead atoms. The second kappa shape index (κ2) is 6.18. The minimum absolute atomic E-state index is 0.0731.